The number of hydrogen-bond donors (Lipinski definition) is 0. The Balaban J connectivity index is 1.58. The molecule has 0 bridgehead atoms. The first-order chi connectivity index (χ1) is 16.0. The van der Waals surface area contributed by atoms with Gasteiger partial charge in [-0.3, -0.25) is 14.9 Å². The van der Waals surface area contributed by atoms with Crippen LogP contribution in [0.15, 0.2) is 48.5 Å². The molecule has 1 fully saturated rings. The maximum absolute atomic E-state index is 13.5. The Bertz CT molecular complexity index is 1240. The van der Waals surface area contributed by atoms with Crippen LogP contribution in [0, 0.1) is 15.9 Å². The number of hydrogen-bond acceptors (Lipinski definition) is 5. The van der Waals surface area contributed by atoms with Crippen molar-refractivity contribution in [1.29, 1.82) is 0 Å². The van der Waals surface area contributed by atoms with Crippen LogP contribution in [0.3, 0.4) is 0 Å². The lowest BCUT2D eigenvalue weighted by Gasteiger charge is -2.26. The van der Waals surface area contributed by atoms with E-state index < -0.39 is 4.92 Å². The number of halogens is 1. The Morgan fingerprint density at radius 2 is 1.76 bits per heavy atom. The van der Waals surface area contributed by atoms with Crippen molar-refractivity contribution in [3.8, 4) is 5.69 Å². The molecule has 1 amide bonds. The number of carbonyl (C=O) groups excluding carboxylic acids is 1. The lowest BCUT2D eigenvalue weighted by molar-refractivity contribution is -0.384. The number of morpholine rings is 1. The van der Waals surface area contributed by atoms with Crippen molar-refractivity contribution < 1.29 is 18.8 Å². The van der Waals surface area contributed by atoms with Gasteiger partial charge in [0, 0.05) is 30.8 Å². The summed E-state index contributed by atoms with van der Waals surface area (Å²) in [4.78, 5) is 25.5. The van der Waals surface area contributed by atoms with Gasteiger partial charge in [0.15, 0.2) is 5.69 Å². The molecule has 0 atom stereocenters. The van der Waals surface area contributed by atoms with Crippen LogP contribution in [0.4, 0.5) is 10.1 Å². The minimum Gasteiger partial charge on any atom is -0.378 e. The van der Waals surface area contributed by atoms with Gasteiger partial charge in [-0.05, 0) is 66.5 Å². The second-order valence-electron chi connectivity index (χ2n) is 7.99. The largest absolute Gasteiger partial charge is 0.378 e. The Hall–Kier alpha value is -3.85. The minimum atomic E-state index is -0.433. The van der Waals surface area contributed by atoms with Crippen LogP contribution in [0.1, 0.15) is 33.7 Å². The Morgan fingerprint density at radius 3 is 2.42 bits per heavy atom. The number of non-ortho nitro benzene ring substituents is 1. The molecule has 0 radical (unpaired) electrons. The molecule has 1 saturated heterocycles. The minimum absolute atomic E-state index is 0.0269. The van der Waals surface area contributed by atoms with Crippen molar-refractivity contribution in [2.45, 2.75) is 12.8 Å². The summed E-state index contributed by atoms with van der Waals surface area (Å²) in [6.07, 6.45) is 3.32. The number of rotatable bonds is 4. The van der Waals surface area contributed by atoms with Gasteiger partial charge >= 0.3 is 0 Å². The molecule has 5 rings (SSSR count). The number of nitrogens with zero attached hydrogens (tertiary/aromatic N) is 4. The van der Waals surface area contributed by atoms with Crippen LogP contribution >= 0.6 is 0 Å². The van der Waals surface area contributed by atoms with Crippen LogP contribution in [-0.4, -0.2) is 51.8 Å². The smallest absolute Gasteiger partial charge is 0.274 e. The van der Waals surface area contributed by atoms with Gasteiger partial charge in [-0.25, -0.2) is 9.07 Å². The fourth-order valence-electron chi connectivity index (χ4n) is 4.29. The highest BCUT2D eigenvalue weighted by molar-refractivity contribution is 5.97. The van der Waals surface area contributed by atoms with Crippen molar-refractivity contribution in [3.63, 3.8) is 0 Å². The van der Waals surface area contributed by atoms with E-state index in [1.165, 1.54) is 24.3 Å². The zero-order valence-corrected chi connectivity index (χ0v) is 17.7. The van der Waals surface area contributed by atoms with Crippen molar-refractivity contribution in [1.82, 2.24) is 14.7 Å². The molecule has 9 heteroatoms. The third-order valence-corrected chi connectivity index (χ3v) is 5.95. The molecule has 168 valence electrons. The van der Waals surface area contributed by atoms with Crippen LogP contribution in [0.25, 0.3) is 17.3 Å². The summed E-state index contributed by atoms with van der Waals surface area (Å²) in [6.45, 7) is 2.03. The molecule has 0 saturated carbocycles. The Kier molecular flexibility index (Phi) is 5.47. The predicted molar refractivity (Wildman–Crippen MR) is 120 cm³/mol. The number of nitro benzene ring substituents is 1. The topological polar surface area (TPSA) is 90.5 Å². The van der Waals surface area contributed by atoms with E-state index in [4.69, 9.17) is 4.74 Å². The third-order valence-electron chi connectivity index (χ3n) is 5.95. The average Bonchev–Trinajstić information content (AvgIpc) is 3.41. The molecule has 1 aliphatic carbocycles. The predicted octanol–water partition coefficient (Wildman–Crippen LogP) is 3.88. The summed E-state index contributed by atoms with van der Waals surface area (Å²) in [5, 5.41) is 15.6. The zero-order chi connectivity index (χ0) is 22.9. The fourth-order valence-corrected chi connectivity index (χ4v) is 4.29. The number of amides is 1. The molecular weight excluding hydrogens is 427 g/mol. The molecule has 2 aromatic carbocycles. The first-order valence-electron chi connectivity index (χ1n) is 10.7. The van der Waals surface area contributed by atoms with E-state index in [1.54, 1.807) is 33.8 Å². The number of nitro groups is 1. The molecule has 0 spiro atoms. The molecule has 2 heterocycles. The Labute approximate surface area is 189 Å². The van der Waals surface area contributed by atoms with Crippen LogP contribution in [0.2, 0.25) is 0 Å². The number of aromatic nitrogens is 2. The van der Waals surface area contributed by atoms with Crippen molar-refractivity contribution in [3.05, 3.63) is 87.0 Å². The highest BCUT2D eigenvalue weighted by atomic mass is 19.1. The van der Waals surface area contributed by atoms with Gasteiger partial charge in [-0.2, -0.15) is 5.10 Å². The van der Waals surface area contributed by atoms with E-state index in [-0.39, 0.29) is 17.4 Å². The number of fused-ring (bicyclic) bond motifs is 1. The number of ether oxygens (including phenoxy) is 1. The first kappa shape index (κ1) is 21.0. The molecule has 33 heavy (non-hydrogen) atoms. The van der Waals surface area contributed by atoms with Gasteiger partial charge in [0.2, 0.25) is 0 Å². The standard InChI is InChI=1S/C24H21FN4O4/c25-18-4-8-19(9-5-18)28-23-17(15-16-1-6-20(7-2-16)29(31)32)3-10-21(23)22(26-28)24(30)27-11-13-33-14-12-27/h1-2,4-9,15H,3,10-14H2/b17-15-. The van der Waals surface area contributed by atoms with Crippen molar-refractivity contribution >= 4 is 23.2 Å². The quantitative estimate of drug-likeness (QED) is 0.446. The van der Waals surface area contributed by atoms with E-state index >= 15 is 0 Å². The lowest BCUT2D eigenvalue weighted by Crippen LogP contribution is -2.41. The average molecular weight is 448 g/mol. The maximum atomic E-state index is 13.5. The summed E-state index contributed by atoms with van der Waals surface area (Å²) in [5.41, 5.74) is 4.56. The normalized spacial score (nSPS) is 16.8. The Morgan fingerprint density at radius 1 is 1.06 bits per heavy atom. The van der Waals surface area contributed by atoms with Gasteiger partial charge < -0.3 is 9.64 Å². The van der Waals surface area contributed by atoms with E-state index in [0.717, 1.165) is 22.4 Å². The van der Waals surface area contributed by atoms with E-state index in [0.29, 0.717) is 50.5 Å². The number of carbonyl (C=O) groups is 1. The second kappa shape index (κ2) is 8.59. The highest BCUT2D eigenvalue weighted by Gasteiger charge is 2.32. The fraction of sp³-hybridized carbons (Fsp3) is 0.250. The highest BCUT2D eigenvalue weighted by Crippen LogP contribution is 2.38. The van der Waals surface area contributed by atoms with Gasteiger partial charge in [-0.1, -0.05) is 0 Å². The lowest BCUT2D eigenvalue weighted by atomic mass is 10.1. The number of benzene rings is 2. The summed E-state index contributed by atoms with van der Waals surface area (Å²) >= 11 is 0. The molecule has 0 N–H and O–H groups in total. The molecule has 2 aliphatic rings. The summed E-state index contributed by atoms with van der Waals surface area (Å²) in [5.74, 6) is -0.485. The van der Waals surface area contributed by atoms with Crippen molar-refractivity contribution in [2.75, 3.05) is 26.3 Å². The van der Waals surface area contributed by atoms with E-state index in [9.17, 15) is 19.3 Å². The van der Waals surface area contributed by atoms with E-state index in [1.807, 2.05) is 6.08 Å². The molecule has 0 unspecified atom stereocenters. The molecular formula is C24H21FN4O4. The monoisotopic (exact) mass is 448 g/mol. The van der Waals surface area contributed by atoms with Crippen LogP contribution < -0.4 is 0 Å². The van der Waals surface area contributed by atoms with Gasteiger partial charge in [0.25, 0.3) is 11.6 Å². The molecule has 1 aliphatic heterocycles. The third kappa shape index (κ3) is 4.03. The van der Waals surface area contributed by atoms with Crippen molar-refractivity contribution in [2.24, 2.45) is 0 Å². The van der Waals surface area contributed by atoms with Gasteiger partial charge in [0.05, 0.1) is 29.5 Å². The molecule has 8 nitrogen and oxygen atoms in total. The van der Waals surface area contributed by atoms with Gasteiger partial charge in [-0.15, -0.1) is 0 Å². The summed E-state index contributed by atoms with van der Waals surface area (Å²) in [6, 6.07) is 12.3. The first-order valence-corrected chi connectivity index (χ1v) is 10.7. The molecule has 3 aromatic rings. The van der Waals surface area contributed by atoms with Gasteiger partial charge in [0.1, 0.15) is 5.82 Å². The van der Waals surface area contributed by atoms with Crippen LogP contribution in [0.5, 0.6) is 0 Å². The molecule has 1 aromatic heterocycles. The maximum Gasteiger partial charge on any atom is 0.274 e. The SMILES string of the molecule is O=C(c1nn(-c2ccc(F)cc2)c2c1CC/C2=C/c1ccc([N+](=O)[O-])cc1)N1CCOCC1. The second-order valence-corrected chi connectivity index (χ2v) is 7.99. The summed E-state index contributed by atoms with van der Waals surface area (Å²) < 4.78 is 20.6. The van der Waals surface area contributed by atoms with Crippen LogP contribution in [-0.2, 0) is 11.2 Å². The van der Waals surface area contributed by atoms with E-state index in [2.05, 4.69) is 5.10 Å². The number of allylic oxidation sites excluding steroid dienone is 1. The summed E-state index contributed by atoms with van der Waals surface area (Å²) in [7, 11) is 0. The zero-order valence-electron chi connectivity index (χ0n) is 17.7.